The average Bonchev–Trinajstić information content (AvgIpc) is 3.16. The summed E-state index contributed by atoms with van der Waals surface area (Å²) in [7, 11) is 0. The van der Waals surface area contributed by atoms with Gasteiger partial charge in [-0.2, -0.15) is 0 Å². The molecule has 38 heavy (non-hydrogen) atoms. The predicted octanol–water partition coefficient (Wildman–Crippen LogP) is 4.51. The number of hydrogen-bond acceptors (Lipinski definition) is 7. The molecule has 1 saturated heterocycles. The lowest BCUT2D eigenvalue weighted by molar-refractivity contribution is -0.121. The molecule has 3 N–H and O–H groups in total. The van der Waals surface area contributed by atoms with Crippen molar-refractivity contribution in [1.82, 2.24) is 16.0 Å². The molecule has 0 unspecified atom stereocenters. The van der Waals surface area contributed by atoms with Gasteiger partial charge in [-0.1, -0.05) is 42.5 Å². The summed E-state index contributed by atoms with van der Waals surface area (Å²) >= 11 is 6.23. The molecule has 1 aromatic rings. The van der Waals surface area contributed by atoms with Crippen LogP contribution in [-0.4, -0.2) is 53.9 Å². The highest BCUT2D eigenvalue weighted by molar-refractivity contribution is 8.26. The SMILES string of the molecule is CC(C)(C)OC(=O)NCCCCCC(=O)NCCCCCN(C=O)c1ccc(/C=C2\SC(=S)NC2=O)cc1. The van der Waals surface area contributed by atoms with E-state index in [9.17, 15) is 19.2 Å². The van der Waals surface area contributed by atoms with Crippen LogP contribution in [-0.2, 0) is 19.1 Å². The molecule has 1 fully saturated rings. The Labute approximate surface area is 234 Å². The van der Waals surface area contributed by atoms with E-state index in [-0.39, 0.29) is 11.8 Å². The van der Waals surface area contributed by atoms with Crippen LogP contribution in [0.1, 0.15) is 71.3 Å². The number of ether oxygens (including phenoxy) is 1. The number of carbonyl (C=O) groups excluding carboxylic acids is 4. The number of benzene rings is 1. The Balaban J connectivity index is 1.54. The number of anilines is 1. The van der Waals surface area contributed by atoms with E-state index in [0.29, 0.717) is 35.3 Å². The number of carbonyl (C=O) groups is 4. The lowest BCUT2D eigenvalue weighted by Gasteiger charge is -2.19. The first-order valence-electron chi connectivity index (χ1n) is 12.9. The summed E-state index contributed by atoms with van der Waals surface area (Å²) in [6.07, 6.45) is 7.60. The van der Waals surface area contributed by atoms with Gasteiger partial charge in [-0.25, -0.2) is 4.79 Å². The monoisotopic (exact) mass is 562 g/mol. The van der Waals surface area contributed by atoms with Crippen LogP contribution in [0, 0.1) is 0 Å². The van der Waals surface area contributed by atoms with Gasteiger partial charge in [0.15, 0.2) is 0 Å². The molecular formula is C27H38N4O5S2. The number of rotatable bonds is 15. The van der Waals surface area contributed by atoms with Crippen LogP contribution in [0.15, 0.2) is 29.2 Å². The van der Waals surface area contributed by atoms with E-state index in [1.54, 1.807) is 11.0 Å². The van der Waals surface area contributed by atoms with Crippen molar-refractivity contribution in [3.05, 3.63) is 34.7 Å². The molecule has 2 rings (SSSR count). The number of unbranched alkanes of at least 4 members (excludes halogenated alkanes) is 4. The molecule has 0 atom stereocenters. The largest absolute Gasteiger partial charge is 0.444 e. The van der Waals surface area contributed by atoms with E-state index in [4.69, 9.17) is 17.0 Å². The Morgan fingerprint density at radius 1 is 1.03 bits per heavy atom. The number of alkyl carbamates (subject to hydrolysis) is 1. The predicted molar refractivity (Wildman–Crippen MR) is 156 cm³/mol. The summed E-state index contributed by atoms with van der Waals surface area (Å²) in [6, 6.07) is 7.43. The summed E-state index contributed by atoms with van der Waals surface area (Å²) in [6.45, 7) is 7.19. The first-order chi connectivity index (χ1) is 18.1. The second kappa shape index (κ2) is 16.1. The Morgan fingerprint density at radius 3 is 2.29 bits per heavy atom. The summed E-state index contributed by atoms with van der Waals surface area (Å²) in [5.41, 5.74) is 1.14. The maximum absolute atomic E-state index is 12.0. The normalized spacial score (nSPS) is 14.2. The Hall–Kier alpha value is -2.92. The van der Waals surface area contributed by atoms with Crippen molar-refractivity contribution in [2.24, 2.45) is 0 Å². The van der Waals surface area contributed by atoms with Gasteiger partial charge in [0.1, 0.15) is 9.92 Å². The van der Waals surface area contributed by atoms with Gasteiger partial charge in [-0.15, -0.1) is 0 Å². The molecule has 9 nitrogen and oxygen atoms in total. The fraction of sp³-hybridized carbons (Fsp3) is 0.519. The fourth-order valence-corrected chi connectivity index (χ4v) is 4.61. The van der Waals surface area contributed by atoms with Crippen molar-refractivity contribution in [2.75, 3.05) is 24.5 Å². The third kappa shape index (κ3) is 12.6. The molecule has 4 amide bonds. The van der Waals surface area contributed by atoms with E-state index in [2.05, 4.69) is 16.0 Å². The van der Waals surface area contributed by atoms with Crippen molar-refractivity contribution in [2.45, 2.75) is 71.3 Å². The van der Waals surface area contributed by atoms with Gasteiger partial charge in [-0.3, -0.25) is 14.4 Å². The van der Waals surface area contributed by atoms with Crippen molar-refractivity contribution >= 4 is 64.4 Å². The number of nitrogens with zero attached hydrogens (tertiary/aromatic N) is 1. The number of hydrogen-bond donors (Lipinski definition) is 3. The maximum Gasteiger partial charge on any atom is 0.407 e. The average molecular weight is 563 g/mol. The molecule has 0 aromatic heterocycles. The second-order valence-electron chi connectivity index (χ2n) is 9.89. The highest BCUT2D eigenvalue weighted by Crippen LogP contribution is 2.26. The summed E-state index contributed by atoms with van der Waals surface area (Å²) in [4.78, 5) is 49.1. The fourth-order valence-electron chi connectivity index (χ4n) is 3.57. The molecule has 0 aliphatic carbocycles. The lowest BCUT2D eigenvalue weighted by atomic mass is 10.1. The van der Waals surface area contributed by atoms with Gasteiger partial charge in [0.05, 0.1) is 4.91 Å². The molecule has 11 heteroatoms. The molecule has 1 aliphatic heterocycles. The molecule has 208 valence electrons. The van der Waals surface area contributed by atoms with E-state index >= 15 is 0 Å². The topological polar surface area (TPSA) is 117 Å². The van der Waals surface area contributed by atoms with E-state index < -0.39 is 11.7 Å². The van der Waals surface area contributed by atoms with E-state index in [0.717, 1.165) is 56.2 Å². The van der Waals surface area contributed by atoms with E-state index in [1.807, 2.05) is 45.0 Å². The Kier molecular flexibility index (Phi) is 13.3. The van der Waals surface area contributed by atoms with Crippen LogP contribution < -0.4 is 20.9 Å². The van der Waals surface area contributed by atoms with Crippen LogP contribution in [0.25, 0.3) is 6.08 Å². The molecule has 1 heterocycles. The molecule has 0 bridgehead atoms. The first-order valence-corrected chi connectivity index (χ1v) is 14.1. The molecule has 0 spiro atoms. The summed E-state index contributed by atoms with van der Waals surface area (Å²) < 4.78 is 5.63. The van der Waals surface area contributed by atoms with Gasteiger partial charge in [-0.05, 0) is 76.6 Å². The maximum atomic E-state index is 12.0. The van der Waals surface area contributed by atoms with Crippen LogP contribution in [0.4, 0.5) is 10.5 Å². The number of amides is 4. The minimum absolute atomic E-state index is 0.0324. The minimum atomic E-state index is -0.507. The number of nitrogens with one attached hydrogen (secondary N) is 3. The van der Waals surface area contributed by atoms with Crippen molar-refractivity contribution in [3.8, 4) is 0 Å². The van der Waals surface area contributed by atoms with Crippen LogP contribution in [0.5, 0.6) is 0 Å². The number of thioether (sulfide) groups is 1. The van der Waals surface area contributed by atoms with Gasteiger partial charge >= 0.3 is 6.09 Å². The quantitative estimate of drug-likeness (QED) is 0.125. The van der Waals surface area contributed by atoms with Gasteiger partial charge < -0.3 is 25.6 Å². The molecule has 1 aliphatic rings. The highest BCUT2D eigenvalue weighted by atomic mass is 32.2. The second-order valence-corrected chi connectivity index (χ2v) is 11.6. The van der Waals surface area contributed by atoms with Gasteiger partial charge in [0.25, 0.3) is 5.91 Å². The summed E-state index contributed by atoms with van der Waals surface area (Å²) in [5.74, 6) is -0.163. The van der Waals surface area contributed by atoms with Crippen LogP contribution >= 0.6 is 24.0 Å². The molecule has 0 saturated carbocycles. The van der Waals surface area contributed by atoms with E-state index in [1.165, 1.54) is 11.8 Å². The molecular weight excluding hydrogens is 524 g/mol. The van der Waals surface area contributed by atoms with Crippen molar-refractivity contribution < 1.29 is 23.9 Å². The summed E-state index contributed by atoms with van der Waals surface area (Å²) in [5, 5.41) is 8.24. The smallest absolute Gasteiger partial charge is 0.407 e. The Bertz CT molecular complexity index is 1010. The van der Waals surface area contributed by atoms with Crippen LogP contribution in [0.3, 0.4) is 0 Å². The molecule has 1 aromatic carbocycles. The zero-order valence-electron chi connectivity index (χ0n) is 22.3. The van der Waals surface area contributed by atoms with Crippen molar-refractivity contribution in [3.63, 3.8) is 0 Å². The van der Waals surface area contributed by atoms with Crippen LogP contribution in [0.2, 0.25) is 0 Å². The molecule has 0 radical (unpaired) electrons. The zero-order chi connectivity index (χ0) is 28.0. The van der Waals surface area contributed by atoms with Crippen molar-refractivity contribution in [1.29, 1.82) is 0 Å². The van der Waals surface area contributed by atoms with Gasteiger partial charge in [0.2, 0.25) is 12.3 Å². The third-order valence-corrected chi connectivity index (χ3v) is 6.60. The third-order valence-electron chi connectivity index (χ3n) is 5.44. The Morgan fingerprint density at radius 2 is 1.68 bits per heavy atom. The van der Waals surface area contributed by atoms with Gasteiger partial charge in [0, 0.05) is 31.7 Å². The standard InChI is InChI=1S/C27H38N4O5S2/c1-27(2,3)36-25(35)29-16-7-4-6-10-23(33)28-15-8-5-9-17-31(19-32)21-13-11-20(12-14-21)18-22-24(34)30-26(37)38-22/h11-14,18-19H,4-10,15-17H2,1-3H3,(H,28,33)(H,29,35)(H,30,34,37)/b22-18-. The minimum Gasteiger partial charge on any atom is -0.444 e. The zero-order valence-corrected chi connectivity index (χ0v) is 24.0. The first kappa shape index (κ1) is 31.3. The lowest BCUT2D eigenvalue weighted by Crippen LogP contribution is -2.33. The number of thiocarbonyl (C=S) groups is 1. The highest BCUT2D eigenvalue weighted by Gasteiger charge is 2.22.